The second-order valence-corrected chi connectivity index (χ2v) is 7.49. The third-order valence-electron chi connectivity index (χ3n) is 2.83. The van der Waals surface area contributed by atoms with Crippen molar-refractivity contribution in [3.8, 4) is 0 Å². The molecule has 112 valence electrons. The summed E-state index contributed by atoms with van der Waals surface area (Å²) in [6.07, 6.45) is 0. The molecule has 0 aliphatic rings. The number of halogens is 3. The molecule has 0 unspecified atom stereocenters. The van der Waals surface area contributed by atoms with E-state index in [0.717, 1.165) is 16.5 Å². The standard InChI is InChI=1S/C14H12BrCl2NO2S/c15-8-10-1-3-11(4-2-10)9-18-21(19,20)14-7-12(16)5-6-13(14)17/h1-7,18H,8-9H2. The Morgan fingerprint density at radius 3 is 2.24 bits per heavy atom. The lowest BCUT2D eigenvalue weighted by atomic mass is 10.2. The summed E-state index contributed by atoms with van der Waals surface area (Å²) in [7, 11) is -3.70. The first-order chi connectivity index (χ1) is 9.92. The first kappa shape index (κ1) is 16.8. The van der Waals surface area contributed by atoms with E-state index in [-0.39, 0.29) is 16.5 Å². The number of hydrogen-bond donors (Lipinski definition) is 1. The molecule has 0 bridgehead atoms. The molecule has 0 saturated carbocycles. The van der Waals surface area contributed by atoms with Gasteiger partial charge in [-0.15, -0.1) is 0 Å². The fourth-order valence-electron chi connectivity index (χ4n) is 1.69. The lowest BCUT2D eigenvalue weighted by molar-refractivity contribution is 0.581. The van der Waals surface area contributed by atoms with Crippen molar-refractivity contribution in [2.75, 3.05) is 0 Å². The predicted octanol–water partition coefficient (Wildman–Crippen LogP) is 4.37. The van der Waals surface area contributed by atoms with Crippen molar-refractivity contribution < 1.29 is 8.42 Å². The molecule has 0 saturated heterocycles. The smallest absolute Gasteiger partial charge is 0.207 e. The first-order valence-corrected chi connectivity index (χ1v) is 9.37. The number of alkyl halides is 1. The molecule has 0 radical (unpaired) electrons. The minimum atomic E-state index is -3.70. The topological polar surface area (TPSA) is 46.2 Å². The molecule has 0 atom stereocenters. The number of nitrogens with one attached hydrogen (secondary N) is 1. The molecule has 21 heavy (non-hydrogen) atoms. The molecule has 0 aliphatic carbocycles. The van der Waals surface area contributed by atoms with Crippen LogP contribution >= 0.6 is 39.1 Å². The summed E-state index contributed by atoms with van der Waals surface area (Å²) >= 11 is 15.1. The Labute approximate surface area is 142 Å². The maximum atomic E-state index is 12.2. The van der Waals surface area contributed by atoms with Gasteiger partial charge in [0.2, 0.25) is 10.0 Å². The first-order valence-electron chi connectivity index (χ1n) is 6.01. The Morgan fingerprint density at radius 1 is 1.00 bits per heavy atom. The summed E-state index contributed by atoms with van der Waals surface area (Å²) in [4.78, 5) is -0.0197. The molecule has 0 aliphatic heterocycles. The second-order valence-electron chi connectivity index (χ2n) is 4.35. The van der Waals surface area contributed by atoms with Gasteiger partial charge in [-0.3, -0.25) is 0 Å². The van der Waals surface area contributed by atoms with Crippen LogP contribution in [0, 0.1) is 0 Å². The minimum absolute atomic E-state index is 0.0197. The molecule has 0 spiro atoms. The summed E-state index contributed by atoms with van der Waals surface area (Å²) in [5.74, 6) is 0. The highest BCUT2D eigenvalue weighted by Gasteiger charge is 2.18. The molecule has 2 aromatic carbocycles. The van der Waals surface area contributed by atoms with Crippen molar-refractivity contribution in [1.29, 1.82) is 0 Å². The van der Waals surface area contributed by atoms with Gasteiger partial charge in [-0.25, -0.2) is 13.1 Å². The Bertz CT molecular complexity index is 733. The van der Waals surface area contributed by atoms with Gasteiger partial charge < -0.3 is 0 Å². The van der Waals surface area contributed by atoms with Crippen LogP contribution in [0.15, 0.2) is 47.4 Å². The molecule has 1 N–H and O–H groups in total. The van der Waals surface area contributed by atoms with Gasteiger partial charge in [0.25, 0.3) is 0 Å². The van der Waals surface area contributed by atoms with Crippen LogP contribution in [-0.4, -0.2) is 8.42 Å². The molecule has 7 heteroatoms. The van der Waals surface area contributed by atoms with Crippen molar-refractivity contribution in [3.63, 3.8) is 0 Å². The van der Waals surface area contributed by atoms with Crippen molar-refractivity contribution in [1.82, 2.24) is 4.72 Å². The van der Waals surface area contributed by atoms with Crippen LogP contribution in [0.3, 0.4) is 0 Å². The van der Waals surface area contributed by atoms with Gasteiger partial charge in [0, 0.05) is 16.9 Å². The van der Waals surface area contributed by atoms with E-state index in [4.69, 9.17) is 23.2 Å². The molecular weight excluding hydrogens is 397 g/mol. The number of sulfonamides is 1. The molecule has 0 aromatic heterocycles. The average molecular weight is 409 g/mol. The van der Waals surface area contributed by atoms with E-state index < -0.39 is 10.0 Å². The Morgan fingerprint density at radius 2 is 1.62 bits per heavy atom. The van der Waals surface area contributed by atoms with Crippen molar-refractivity contribution in [2.45, 2.75) is 16.8 Å². The van der Waals surface area contributed by atoms with Crippen LogP contribution in [0.4, 0.5) is 0 Å². The maximum Gasteiger partial charge on any atom is 0.242 e. The minimum Gasteiger partial charge on any atom is -0.207 e. The fourth-order valence-corrected chi connectivity index (χ4v) is 3.84. The zero-order chi connectivity index (χ0) is 15.5. The highest BCUT2D eigenvalue weighted by Crippen LogP contribution is 2.25. The number of hydrogen-bond acceptors (Lipinski definition) is 2. The van der Waals surface area contributed by atoms with Gasteiger partial charge in [-0.1, -0.05) is 63.4 Å². The molecule has 2 rings (SSSR count). The quantitative estimate of drug-likeness (QED) is 0.746. The lowest BCUT2D eigenvalue weighted by Gasteiger charge is -2.09. The zero-order valence-electron chi connectivity index (χ0n) is 10.8. The maximum absolute atomic E-state index is 12.2. The number of rotatable bonds is 5. The third kappa shape index (κ3) is 4.44. The van der Waals surface area contributed by atoms with Crippen LogP contribution in [0.2, 0.25) is 10.0 Å². The van der Waals surface area contributed by atoms with Gasteiger partial charge in [0.05, 0.1) is 5.02 Å². The number of benzene rings is 2. The normalized spacial score (nSPS) is 11.6. The average Bonchev–Trinajstić information content (AvgIpc) is 2.48. The van der Waals surface area contributed by atoms with Crippen molar-refractivity contribution >= 4 is 49.2 Å². The summed E-state index contributed by atoms with van der Waals surface area (Å²) in [6.45, 7) is 0.188. The van der Waals surface area contributed by atoms with Gasteiger partial charge in [0.1, 0.15) is 4.90 Å². The monoisotopic (exact) mass is 407 g/mol. The molecule has 0 amide bonds. The molecule has 0 fully saturated rings. The summed E-state index contributed by atoms with van der Waals surface area (Å²) in [6, 6.07) is 12.0. The highest BCUT2D eigenvalue weighted by atomic mass is 79.9. The molecule has 2 aromatic rings. The van der Waals surface area contributed by atoms with Crippen LogP contribution in [0.5, 0.6) is 0 Å². The molecule has 3 nitrogen and oxygen atoms in total. The molecule has 0 heterocycles. The van der Waals surface area contributed by atoms with E-state index in [2.05, 4.69) is 20.7 Å². The van der Waals surface area contributed by atoms with E-state index in [0.29, 0.717) is 5.02 Å². The summed E-state index contributed by atoms with van der Waals surface area (Å²) in [5, 5.41) is 1.22. The molecular formula is C14H12BrCl2NO2S. The van der Waals surface area contributed by atoms with Crippen LogP contribution < -0.4 is 4.72 Å². The van der Waals surface area contributed by atoms with Crippen molar-refractivity contribution in [2.24, 2.45) is 0 Å². The third-order valence-corrected chi connectivity index (χ3v) is 5.59. The van der Waals surface area contributed by atoms with E-state index in [9.17, 15) is 8.42 Å². The van der Waals surface area contributed by atoms with Crippen LogP contribution in [-0.2, 0) is 21.9 Å². The van der Waals surface area contributed by atoms with Gasteiger partial charge in [-0.05, 0) is 29.3 Å². The SMILES string of the molecule is O=S(=O)(NCc1ccc(CBr)cc1)c1cc(Cl)ccc1Cl. The van der Waals surface area contributed by atoms with Gasteiger partial charge in [0.15, 0.2) is 0 Å². The van der Waals surface area contributed by atoms with Gasteiger partial charge >= 0.3 is 0 Å². The van der Waals surface area contributed by atoms with Crippen LogP contribution in [0.25, 0.3) is 0 Å². The van der Waals surface area contributed by atoms with E-state index in [1.807, 2.05) is 24.3 Å². The van der Waals surface area contributed by atoms with Crippen molar-refractivity contribution in [3.05, 3.63) is 63.6 Å². The summed E-state index contributed by atoms with van der Waals surface area (Å²) in [5.41, 5.74) is 1.99. The summed E-state index contributed by atoms with van der Waals surface area (Å²) < 4.78 is 27.0. The van der Waals surface area contributed by atoms with E-state index in [1.165, 1.54) is 12.1 Å². The lowest BCUT2D eigenvalue weighted by Crippen LogP contribution is -2.23. The second kappa shape index (κ2) is 7.11. The van der Waals surface area contributed by atoms with E-state index >= 15 is 0 Å². The fraction of sp³-hybridized carbons (Fsp3) is 0.143. The van der Waals surface area contributed by atoms with E-state index in [1.54, 1.807) is 6.07 Å². The Kier molecular flexibility index (Phi) is 5.68. The van der Waals surface area contributed by atoms with Crippen LogP contribution in [0.1, 0.15) is 11.1 Å². The Hall–Kier alpha value is -0.590. The van der Waals surface area contributed by atoms with Gasteiger partial charge in [-0.2, -0.15) is 0 Å². The predicted molar refractivity (Wildman–Crippen MR) is 89.6 cm³/mol. The Balaban J connectivity index is 2.15. The highest BCUT2D eigenvalue weighted by molar-refractivity contribution is 9.08. The largest absolute Gasteiger partial charge is 0.242 e. The zero-order valence-corrected chi connectivity index (χ0v) is 14.7.